The highest BCUT2D eigenvalue weighted by molar-refractivity contribution is 5.93. The minimum Gasteiger partial charge on any atom is -0.356 e. The van der Waals surface area contributed by atoms with Gasteiger partial charge in [0.05, 0.1) is 5.56 Å². The Morgan fingerprint density at radius 2 is 2.05 bits per heavy atom. The fraction of sp³-hybridized carbons (Fsp3) is 0.647. The summed E-state index contributed by atoms with van der Waals surface area (Å²) in [5.74, 6) is -0.103. The molecule has 0 unspecified atom stereocenters. The zero-order valence-electron chi connectivity index (χ0n) is 13.0. The second-order valence-electron chi connectivity index (χ2n) is 6.51. The highest BCUT2D eigenvalue weighted by Crippen LogP contribution is 2.25. The number of nitriles is 1. The van der Waals surface area contributed by atoms with Gasteiger partial charge in [-0.1, -0.05) is 25.7 Å². The van der Waals surface area contributed by atoms with Crippen molar-refractivity contribution in [3.8, 4) is 6.07 Å². The summed E-state index contributed by atoms with van der Waals surface area (Å²) in [6.45, 7) is 2.05. The molecule has 1 saturated carbocycles. The standard InChI is InChI=1S/C17H24N4O/c18-10-13-9-16(19-11-13)17(22)20-14-7-8-21(12-14)15-5-3-1-2-4-6-15/h9,11,14-15,19H,1-8,12H2,(H,20,22)/t14-/m0/s1. The molecule has 1 aromatic rings. The fourth-order valence-electron chi connectivity index (χ4n) is 3.71. The van der Waals surface area contributed by atoms with E-state index in [4.69, 9.17) is 5.26 Å². The van der Waals surface area contributed by atoms with Crippen LogP contribution in [0.3, 0.4) is 0 Å². The predicted octanol–water partition coefficient (Wildman–Crippen LogP) is 2.41. The minimum absolute atomic E-state index is 0.103. The van der Waals surface area contributed by atoms with Crippen LogP contribution in [-0.2, 0) is 0 Å². The van der Waals surface area contributed by atoms with Gasteiger partial charge in [-0.3, -0.25) is 9.69 Å². The van der Waals surface area contributed by atoms with Crippen LogP contribution in [0.5, 0.6) is 0 Å². The molecule has 2 N–H and O–H groups in total. The van der Waals surface area contributed by atoms with Crippen LogP contribution in [0.25, 0.3) is 0 Å². The average Bonchev–Trinajstić information content (AvgIpc) is 3.11. The van der Waals surface area contributed by atoms with Gasteiger partial charge in [-0.15, -0.1) is 0 Å². The molecule has 2 heterocycles. The number of aromatic amines is 1. The van der Waals surface area contributed by atoms with E-state index < -0.39 is 0 Å². The molecule has 5 nitrogen and oxygen atoms in total. The minimum atomic E-state index is -0.103. The van der Waals surface area contributed by atoms with Gasteiger partial charge in [-0.2, -0.15) is 5.26 Å². The van der Waals surface area contributed by atoms with Gasteiger partial charge in [0.2, 0.25) is 0 Å². The van der Waals surface area contributed by atoms with Crippen molar-refractivity contribution in [2.45, 2.75) is 57.0 Å². The third kappa shape index (κ3) is 3.50. The Bertz CT molecular complexity index is 551. The van der Waals surface area contributed by atoms with Crippen LogP contribution in [0.1, 0.15) is 61.0 Å². The number of rotatable bonds is 3. The molecule has 0 spiro atoms. The summed E-state index contributed by atoms with van der Waals surface area (Å²) in [6.07, 6.45) is 10.6. The Morgan fingerprint density at radius 1 is 1.27 bits per heavy atom. The summed E-state index contributed by atoms with van der Waals surface area (Å²) in [5.41, 5.74) is 0.973. The second-order valence-corrected chi connectivity index (χ2v) is 6.51. The number of aromatic nitrogens is 1. The lowest BCUT2D eigenvalue weighted by Crippen LogP contribution is -2.39. The van der Waals surface area contributed by atoms with Gasteiger partial charge in [-0.25, -0.2) is 0 Å². The molecule has 1 saturated heterocycles. The van der Waals surface area contributed by atoms with E-state index in [1.807, 2.05) is 6.07 Å². The molecule has 0 radical (unpaired) electrons. The molecule has 1 atom stereocenters. The quantitative estimate of drug-likeness (QED) is 0.842. The molecule has 2 aliphatic rings. The van der Waals surface area contributed by atoms with E-state index in [2.05, 4.69) is 15.2 Å². The molecule has 1 aromatic heterocycles. The Kier molecular flexibility index (Phi) is 4.79. The fourth-order valence-corrected chi connectivity index (χ4v) is 3.71. The average molecular weight is 300 g/mol. The van der Waals surface area contributed by atoms with Crippen molar-refractivity contribution >= 4 is 5.91 Å². The lowest BCUT2D eigenvalue weighted by Gasteiger charge is -2.26. The van der Waals surface area contributed by atoms with Crippen molar-refractivity contribution in [3.63, 3.8) is 0 Å². The summed E-state index contributed by atoms with van der Waals surface area (Å²) in [5, 5.41) is 11.9. The smallest absolute Gasteiger partial charge is 0.267 e. The van der Waals surface area contributed by atoms with Crippen molar-refractivity contribution in [3.05, 3.63) is 23.5 Å². The van der Waals surface area contributed by atoms with Gasteiger partial charge < -0.3 is 10.3 Å². The predicted molar refractivity (Wildman–Crippen MR) is 84.4 cm³/mol. The molecule has 118 valence electrons. The summed E-state index contributed by atoms with van der Waals surface area (Å²) < 4.78 is 0. The zero-order chi connectivity index (χ0) is 15.4. The first-order chi connectivity index (χ1) is 10.8. The topological polar surface area (TPSA) is 71.9 Å². The highest BCUT2D eigenvalue weighted by Gasteiger charge is 2.29. The summed E-state index contributed by atoms with van der Waals surface area (Å²) in [7, 11) is 0. The Morgan fingerprint density at radius 3 is 2.73 bits per heavy atom. The van der Waals surface area contributed by atoms with Crippen molar-refractivity contribution in [1.82, 2.24) is 15.2 Å². The van der Waals surface area contributed by atoms with Crippen molar-refractivity contribution in [1.29, 1.82) is 5.26 Å². The van der Waals surface area contributed by atoms with Gasteiger partial charge >= 0.3 is 0 Å². The molecule has 1 aliphatic carbocycles. The lowest BCUT2D eigenvalue weighted by molar-refractivity contribution is 0.0931. The van der Waals surface area contributed by atoms with E-state index in [1.165, 1.54) is 38.5 Å². The zero-order valence-corrected chi connectivity index (χ0v) is 13.0. The summed E-state index contributed by atoms with van der Waals surface area (Å²) in [4.78, 5) is 17.6. The molecule has 0 aromatic carbocycles. The van der Waals surface area contributed by atoms with Crippen LogP contribution in [-0.4, -0.2) is 41.0 Å². The van der Waals surface area contributed by atoms with Crippen LogP contribution in [0.15, 0.2) is 12.3 Å². The van der Waals surface area contributed by atoms with Crippen LogP contribution >= 0.6 is 0 Å². The molecule has 22 heavy (non-hydrogen) atoms. The van der Waals surface area contributed by atoms with E-state index in [-0.39, 0.29) is 11.9 Å². The number of nitrogens with zero attached hydrogens (tertiary/aromatic N) is 2. The Hall–Kier alpha value is -1.80. The van der Waals surface area contributed by atoms with Crippen molar-refractivity contribution < 1.29 is 4.79 Å². The van der Waals surface area contributed by atoms with E-state index in [0.29, 0.717) is 17.3 Å². The third-order valence-corrected chi connectivity index (χ3v) is 4.95. The van der Waals surface area contributed by atoms with Gasteiger partial charge in [0.25, 0.3) is 5.91 Å². The molecule has 3 rings (SSSR count). The van der Waals surface area contributed by atoms with E-state index in [1.54, 1.807) is 12.3 Å². The number of carbonyl (C=O) groups excluding carboxylic acids is 1. The maximum absolute atomic E-state index is 12.2. The van der Waals surface area contributed by atoms with E-state index >= 15 is 0 Å². The number of amides is 1. The maximum atomic E-state index is 12.2. The van der Waals surface area contributed by atoms with Gasteiger partial charge in [0.1, 0.15) is 11.8 Å². The number of carbonyl (C=O) groups is 1. The van der Waals surface area contributed by atoms with E-state index in [9.17, 15) is 4.79 Å². The summed E-state index contributed by atoms with van der Waals surface area (Å²) >= 11 is 0. The van der Waals surface area contributed by atoms with Crippen LogP contribution in [0.2, 0.25) is 0 Å². The monoisotopic (exact) mass is 300 g/mol. The number of hydrogen-bond donors (Lipinski definition) is 2. The van der Waals surface area contributed by atoms with Gasteiger partial charge in [0.15, 0.2) is 0 Å². The molecule has 1 aliphatic heterocycles. The van der Waals surface area contributed by atoms with Gasteiger partial charge in [0, 0.05) is 31.4 Å². The first-order valence-electron chi connectivity index (χ1n) is 8.39. The molecule has 2 fully saturated rings. The SMILES string of the molecule is N#Cc1c[nH]c(C(=O)N[C@H]2CCN(C3CCCCCC3)C2)c1. The third-order valence-electron chi connectivity index (χ3n) is 4.95. The number of likely N-dealkylation sites (tertiary alicyclic amines) is 1. The normalized spacial score (nSPS) is 23.9. The second kappa shape index (κ2) is 6.97. The molecule has 0 bridgehead atoms. The van der Waals surface area contributed by atoms with Crippen molar-refractivity contribution in [2.24, 2.45) is 0 Å². The van der Waals surface area contributed by atoms with Crippen molar-refractivity contribution in [2.75, 3.05) is 13.1 Å². The Labute approximate surface area is 131 Å². The number of H-pyrrole nitrogens is 1. The molecule has 1 amide bonds. The molecular formula is C17H24N4O. The largest absolute Gasteiger partial charge is 0.356 e. The lowest BCUT2D eigenvalue weighted by atomic mass is 10.1. The van der Waals surface area contributed by atoms with Crippen LogP contribution in [0, 0.1) is 11.3 Å². The first-order valence-corrected chi connectivity index (χ1v) is 8.39. The number of hydrogen-bond acceptors (Lipinski definition) is 3. The molecular weight excluding hydrogens is 276 g/mol. The van der Waals surface area contributed by atoms with Crippen LogP contribution in [0.4, 0.5) is 0 Å². The first kappa shape index (κ1) is 15.1. The summed E-state index contributed by atoms with van der Waals surface area (Å²) in [6, 6.07) is 4.57. The van der Waals surface area contributed by atoms with Crippen LogP contribution < -0.4 is 5.32 Å². The maximum Gasteiger partial charge on any atom is 0.267 e. The number of nitrogens with one attached hydrogen (secondary N) is 2. The Balaban J connectivity index is 1.52. The van der Waals surface area contributed by atoms with Gasteiger partial charge in [-0.05, 0) is 25.3 Å². The van der Waals surface area contributed by atoms with E-state index in [0.717, 1.165) is 19.5 Å². The highest BCUT2D eigenvalue weighted by atomic mass is 16.1. The molecule has 5 heteroatoms.